The predicted molar refractivity (Wildman–Crippen MR) is 113 cm³/mol. The first-order valence-electron chi connectivity index (χ1n) is 9.73. The number of benzene rings is 1. The molecule has 0 fully saturated rings. The summed E-state index contributed by atoms with van der Waals surface area (Å²) in [7, 11) is 0. The number of ether oxygens (including phenoxy) is 1. The van der Waals surface area contributed by atoms with Crippen LogP contribution in [0.4, 0.5) is 10.1 Å². The second kappa shape index (κ2) is 10.4. The van der Waals surface area contributed by atoms with Gasteiger partial charge in [0.25, 0.3) is 5.91 Å². The van der Waals surface area contributed by atoms with Crippen LogP contribution in [0.5, 0.6) is 0 Å². The van der Waals surface area contributed by atoms with Gasteiger partial charge in [0.05, 0.1) is 5.69 Å². The Kier molecular flexibility index (Phi) is 7.93. The summed E-state index contributed by atoms with van der Waals surface area (Å²) < 4.78 is 20.6. The Bertz CT molecular complexity index is 1000. The molecular weight excluding hydrogens is 385 g/mol. The van der Waals surface area contributed by atoms with E-state index in [-0.39, 0.29) is 11.3 Å². The number of halogens is 1. The van der Waals surface area contributed by atoms with Crippen molar-refractivity contribution in [1.82, 2.24) is 4.57 Å². The van der Waals surface area contributed by atoms with Gasteiger partial charge in [-0.3, -0.25) is 4.79 Å². The molecule has 0 aliphatic heterocycles. The number of aromatic nitrogens is 1. The van der Waals surface area contributed by atoms with Gasteiger partial charge in [0.15, 0.2) is 6.61 Å². The fourth-order valence-electron chi connectivity index (χ4n) is 2.96. The summed E-state index contributed by atoms with van der Waals surface area (Å²) in [4.78, 5) is 24.2. The molecule has 1 aromatic heterocycles. The number of hydrogen-bond donors (Lipinski definition) is 1. The lowest BCUT2D eigenvalue weighted by molar-refractivity contribution is -0.142. The lowest BCUT2D eigenvalue weighted by Gasteiger charge is -2.11. The first kappa shape index (κ1) is 22.9. The largest absolute Gasteiger partial charge is 0.451 e. The summed E-state index contributed by atoms with van der Waals surface area (Å²) in [5.74, 6) is -1.64. The molecule has 0 aliphatic carbocycles. The first-order chi connectivity index (χ1) is 14.2. The zero-order valence-corrected chi connectivity index (χ0v) is 17.7. The molecule has 6 nitrogen and oxygen atoms in total. The van der Waals surface area contributed by atoms with Gasteiger partial charge in [0.1, 0.15) is 17.5 Å². The van der Waals surface area contributed by atoms with Crippen molar-refractivity contribution < 1.29 is 18.7 Å². The maximum Gasteiger partial charge on any atom is 0.349 e. The molecule has 1 N–H and O–H groups in total. The lowest BCUT2D eigenvalue weighted by Crippen LogP contribution is -2.21. The molecule has 1 heterocycles. The van der Waals surface area contributed by atoms with Crippen molar-refractivity contribution in [3.05, 3.63) is 58.7 Å². The molecule has 0 aliphatic rings. The van der Waals surface area contributed by atoms with Crippen molar-refractivity contribution in [2.24, 2.45) is 5.92 Å². The molecule has 30 heavy (non-hydrogen) atoms. The van der Waals surface area contributed by atoms with Crippen molar-refractivity contribution in [1.29, 1.82) is 5.26 Å². The average Bonchev–Trinajstić information content (AvgIpc) is 2.97. The molecule has 1 aromatic carbocycles. The van der Waals surface area contributed by atoms with Crippen LogP contribution >= 0.6 is 0 Å². The molecule has 2 rings (SSSR count). The van der Waals surface area contributed by atoms with Crippen LogP contribution in [0.1, 0.15) is 37.2 Å². The second-order valence-electron chi connectivity index (χ2n) is 7.43. The van der Waals surface area contributed by atoms with Crippen LogP contribution in [-0.2, 0) is 20.9 Å². The quantitative estimate of drug-likeness (QED) is 0.397. The Morgan fingerprint density at radius 1 is 1.30 bits per heavy atom. The van der Waals surface area contributed by atoms with Gasteiger partial charge in [-0.1, -0.05) is 26.0 Å². The van der Waals surface area contributed by atoms with Crippen LogP contribution in [-0.4, -0.2) is 23.1 Å². The summed E-state index contributed by atoms with van der Waals surface area (Å²) in [6, 6.07) is 9.39. The fourth-order valence-corrected chi connectivity index (χ4v) is 2.96. The average molecular weight is 411 g/mol. The number of aryl methyl sites for hydroxylation is 1. The molecule has 0 atom stereocenters. The van der Waals surface area contributed by atoms with Crippen molar-refractivity contribution in [2.75, 3.05) is 11.9 Å². The Morgan fingerprint density at radius 2 is 2.00 bits per heavy atom. The van der Waals surface area contributed by atoms with E-state index in [0.29, 0.717) is 5.92 Å². The van der Waals surface area contributed by atoms with Crippen LogP contribution in [0.15, 0.2) is 35.9 Å². The molecule has 158 valence electrons. The number of hydrogen-bond acceptors (Lipinski definition) is 4. The van der Waals surface area contributed by atoms with E-state index in [1.165, 1.54) is 24.3 Å². The number of amides is 1. The normalized spacial score (nSPS) is 11.3. The highest BCUT2D eigenvalue weighted by Gasteiger charge is 2.16. The number of para-hydroxylation sites is 1. The number of nitrogens with one attached hydrogen (secondary N) is 1. The van der Waals surface area contributed by atoms with Crippen LogP contribution in [0.25, 0.3) is 6.08 Å². The molecule has 2 aromatic rings. The number of carbonyl (C=O) groups excluding carboxylic acids is 2. The molecule has 0 bridgehead atoms. The Balaban J connectivity index is 2.05. The lowest BCUT2D eigenvalue weighted by atomic mass is 10.1. The van der Waals surface area contributed by atoms with Crippen LogP contribution in [0.2, 0.25) is 0 Å². The highest BCUT2D eigenvalue weighted by atomic mass is 19.1. The first-order valence-corrected chi connectivity index (χ1v) is 9.73. The molecular formula is C23H26FN3O3. The second-order valence-corrected chi connectivity index (χ2v) is 7.43. The summed E-state index contributed by atoms with van der Waals surface area (Å²) in [6.45, 7) is 8.44. The van der Waals surface area contributed by atoms with E-state index < -0.39 is 24.3 Å². The molecule has 0 unspecified atom stereocenters. The molecule has 0 saturated carbocycles. The number of anilines is 1. The molecule has 7 heteroatoms. The van der Waals surface area contributed by atoms with Gasteiger partial charge in [-0.15, -0.1) is 0 Å². The summed E-state index contributed by atoms with van der Waals surface area (Å²) in [5.41, 5.74) is 2.52. The zero-order chi connectivity index (χ0) is 22.3. The number of nitrogens with zero attached hydrogens (tertiary/aromatic N) is 2. The minimum atomic E-state index is -0.909. The predicted octanol–water partition coefficient (Wildman–Crippen LogP) is 4.38. The summed E-state index contributed by atoms with van der Waals surface area (Å²) in [5, 5.41) is 11.7. The van der Waals surface area contributed by atoms with Crippen LogP contribution in [0.3, 0.4) is 0 Å². The molecule has 0 radical (unpaired) electrons. The van der Waals surface area contributed by atoms with Gasteiger partial charge >= 0.3 is 5.97 Å². The summed E-state index contributed by atoms with van der Waals surface area (Å²) in [6.07, 6.45) is 2.48. The smallest absolute Gasteiger partial charge is 0.349 e. The van der Waals surface area contributed by atoms with Crippen molar-refractivity contribution in [3.63, 3.8) is 0 Å². The fraction of sp³-hybridized carbons (Fsp3) is 0.348. The minimum Gasteiger partial charge on any atom is -0.451 e. The van der Waals surface area contributed by atoms with Gasteiger partial charge in [0, 0.05) is 17.9 Å². The third-order valence-corrected chi connectivity index (χ3v) is 4.67. The monoisotopic (exact) mass is 411 g/mol. The van der Waals surface area contributed by atoms with Gasteiger partial charge < -0.3 is 14.6 Å². The Hall–Kier alpha value is -3.40. The van der Waals surface area contributed by atoms with E-state index in [9.17, 15) is 19.2 Å². The van der Waals surface area contributed by atoms with E-state index in [1.807, 2.05) is 26.0 Å². The Morgan fingerprint density at radius 3 is 2.63 bits per heavy atom. The maximum atomic E-state index is 13.6. The molecule has 0 spiro atoms. The van der Waals surface area contributed by atoms with Gasteiger partial charge in [-0.2, -0.15) is 5.26 Å². The van der Waals surface area contributed by atoms with Crippen LogP contribution < -0.4 is 5.32 Å². The molecule has 0 saturated heterocycles. The topological polar surface area (TPSA) is 84.1 Å². The van der Waals surface area contributed by atoms with E-state index in [4.69, 9.17) is 4.74 Å². The highest BCUT2D eigenvalue weighted by Crippen LogP contribution is 2.20. The van der Waals surface area contributed by atoms with E-state index >= 15 is 0 Å². The third-order valence-electron chi connectivity index (χ3n) is 4.67. The van der Waals surface area contributed by atoms with Crippen molar-refractivity contribution in [2.45, 2.75) is 40.7 Å². The SMILES string of the molecule is Cc1cc(/C=C(\C#N)C(=O)OCC(=O)Nc2ccccc2F)c(C)n1CCC(C)C. The number of rotatable bonds is 8. The minimum absolute atomic E-state index is 0.0107. The maximum absolute atomic E-state index is 13.6. The summed E-state index contributed by atoms with van der Waals surface area (Å²) >= 11 is 0. The van der Waals surface area contributed by atoms with E-state index in [1.54, 1.807) is 6.07 Å². The zero-order valence-electron chi connectivity index (χ0n) is 17.7. The Labute approximate surface area is 176 Å². The van der Waals surface area contributed by atoms with Crippen molar-refractivity contribution in [3.8, 4) is 6.07 Å². The van der Waals surface area contributed by atoms with Crippen molar-refractivity contribution >= 4 is 23.6 Å². The third kappa shape index (κ3) is 6.05. The van der Waals surface area contributed by atoms with Gasteiger partial charge in [0.2, 0.25) is 0 Å². The van der Waals surface area contributed by atoms with E-state index in [0.717, 1.165) is 29.9 Å². The van der Waals surface area contributed by atoms with Gasteiger partial charge in [-0.25, -0.2) is 9.18 Å². The number of carbonyl (C=O) groups is 2. The number of esters is 1. The standard InChI is InChI=1S/C23H26FN3O3/c1-15(2)9-10-27-16(3)11-18(17(27)4)12-19(13-25)23(29)30-14-22(28)26-21-8-6-5-7-20(21)24/h5-8,11-12,15H,9-10,14H2,1-4H3,(H,26,28)/b19-12+. The highest BCUT2D eigenvalue weighted by molar-refractivity contribution is 6.00. The molecule has 1 amide bonds. The number of nitriles is 1. The van der Waals surface area contributed by atoms with Crippen LogP contribution in [0, 0.1) is 36.9 Å². The van der Waals surface area contributed by atoms with Gasteiger partial charge in [-0.05, 0) is 56.0 Å². The van der Waals surface area contributed by atoms with E-state index in [2.05, 4.69) is 23.7 Å².